The number of nitrogens with one attached hydrogen (secondary N) is 1. The Labute approximate surface area is 127 Å². The number of rotatable bonds is 4. The van der Waals surface area contributed by atoms with E-state index >= 15 is 0 Å². The number of hydrogen-bond acceptors (Lipinski definition) is 4. The predicted octanol–water partition coefficient (Wildman–Crippen LogP) is 2.62. The summed E-state index contributed by atoms with van der Waals surface area (Å²) in [7, 11) is 1.64. The maximum Gasteiger partial charge on any atom is 0.227 e. The lowest BCUT2D eigenvalue weighted by Crippen LogP contribution is -2.36. The monoisotopic (exact) mass is 303 g/mol. The van der Waals surface area contributed by atoms with Gasteiger partial charge in [0, 0.05) is 4.88 Å². The average molecular weight is 303 g/mol. The van der Waals surface area contributed by atoms with Gasteiger partial charge < -0.3 is 14.8 Å². The molecule has 1 aromatic carbocycles. The third-order valence-corrected chi connectivity index (χ3v) is 4.44. The summed E-state index contributed by atoms with van der Waals surface area (Å²) in [4.78, 5) is 13.4. The van der Waals surface area contributed by atoms with Crippen LogP contribution in [0.3, 0.4) is 0 Å². The first-order valence-electron chi connectivity index (χ1n) is 6.86. The topological polar surface area (TPSA) is 47.6 Å². The largest absolute Gasteiger partial charge is 0.497 e. The maximum absolute atomic E-state index is 12.2. The first kappa shape index (κ1) is 13.9. The summed E-state index contributed by atoms with van der Waals surface area (Å²) in [6, 6.07) is 9.71. The second-order valence-electron chi connectivity index (χ2n) is 4.98. The molecular weight excluding hydrogens is 286 g/mol. The van der Waals surface area contributed by atoms with Crippen LogP contribution in [-0.2, 0) is 17.8 Å². The van der Waals surface area contributed by atoms with Crippen molar-refractivity contribution < 1.29 is 14.3 Å². The molecule has 1 N–H and O–H groups in total. The summed E-state index contributed by atoms with van der Waals surface area (Å²) in [6.45, 7) is 1.01. The molecule has 4 nitrogen and oxygen atoms in total. The molecule has 0 spiro atoms. The Hall–Kier alpha value is -2.01. The quantitative estimate of drug-likeness (QED) is 0.944. The van der Waals surface area contributed by atoms with E-state index in [1.54, 1.807) is 18.4 Å². The maximum atomic E-state index is 12.2. The molecule has 5 heteroatoms. The van der Waals surface area contributed by atoms with E-state index < -0.39 is 0 Å². The molecule has 0 bridgehead atoms. The van der Waals surface area contributed by atoms with E-state index in [1.807, 2.05) is 35.7 Å². The van der Waals surface area contributed by atoms with Crippen LogP contribution in [0.1, 0.15) is 10.4 Å². The van der Waals surface area contributed by atoms with E-state index in [0.717, 1.165) is 21.9 Å². The number of hydrogen-bond donors (Lipinski definition) is 1. The molecule has 0 saturated heterocycles. The molecule has 2 heterocycles. The molecule has 21 heavy (non-hydrogen) atoms. The zero-order chi connectivity index (χ0) is 14.7. The van der Waals surface area contributed by atoms with Gasteiger partial charge in [-0.2, -0.15) is 0 Å². The Morgan fingerprint density at radius 2 is 2.38 bits per heavy atom. The summed E-state index contributed by atoms with van der Waals surface area (Å²) in [5.74, 6) is 1.52. The molecule has 0 unspecified atom stereocenters. The fraction of sp³-hybridized carbons (Fsp3) is 0.312. The zero-order valence-corrected chi connectivity index (χ0v) is 12.6. The highest BCUT2D eigenvalue weighted by Gasteiger charge is 2.26. The summed E-state index contributed by atoms with van der Waals surface area (Å²) in [5.41, 5.74) is 1.02. The van der Waals surface area contributed by atoms with Gasteiger partial charge in [-0.3, -0.25) is 4.79 Å². The van der Waals surface area contributed by atoms with Gasteiger partial charge in [0.15, 0.2) is 0 Å². The normalized spacial score (nSPS) is 16.7. The van der Waals surface area contributed by atoms with Crippen LogP contribution in [0.5, 0.6) is 11.5 Å². The van der Waals surface area contributed by atoms with Crippen molar-refractivity contribution in [2.24, 2.45) is 5.92 Å². The molecule has 110 valence electrons. The van der Waals surface area contributed by atoms with Gasteiger partial charge in [-0.05, 0) is 41.6 Å². The van der Waals surface area contributed by atoms with E-state index in [1.165, 1.54) is 0 Å². The van der Waals surface area contributed by atoms with Crippen LogP contribution in [0.25, 0.3) is 0 Å². The minimum absolute atomic E-state index is 0.0388. The van der Waals surface area contributed by atoms with Gasteiger partial charge >= 0.3 is 0 Å². The molecule has 2 aromatic rings. The minimum atomic E-state index is -0.149. The lowest BCUT2D eigenvalue weighted by Gasteiger charge is -2.24. The van der Waals surface area contributed by atoms with Gasteiger partial charge in [-0.15, -0.1) is 11.3 Å². The van der Waals surface area contributed by atoms with Crippen molar-refractivity contribution in [1.29, 1.82) is 0 Å². The van der Waals surface area contributed by atoms with E-state index in [0.29, 0.717) is 19.6 Å². The van der Waals surface area contributed by atoms with Crippen molar-refractivity contribution in [2.45, 2.75) is 13.0 Å². The van der Waals surface area contributed by atoms with Gasteiger partial charge in [-0.1, -0.05) is 6.07 Å². The summed E-state index contributed by atoms with van der Waals surface area (Å²) in [5, 5.41) is 4.98. The second kappa shape index (κ2) is 6.18. The Morgan fingerprint density at radius 1 is 1.48 bits per heavy atom. The van der Waals surface area contributed by atoms with Crippen LogP contribution in [0.15, 0.2) is 35.7 Å². The van der Waals surface area contributed by atoms with Gasteiger partial charge in [0.25, 0.3) is 0 Å². The van der Waals surface area contributed by atoms with Crippen molar-refractivity contribution in [3.63, 3.8) is 0 Å². The predicted molar refractivity (Wildman–Crippen MR) is 81.8 cm³/mol. The lowest BCUT2D eigenvalue weighted by molar-refractivity contribution is -0.126. The molecule has 1 atom stereocenters. The molecule has 1 aliphatic heterocycles. The molecule has 0 radical (unpaired) electrons. The third kappa shape index (κ3) is 3.19. The van der Waals surface area contributed by atoms with Crippen LogP contribution >= 0.6 is 11.3 Å². The second-order valence-corrected chi connectivity index (χ2v) is 6.02. The number of carbonyl (C=O) groups is 1. The van der Waals surface area contributed by atoms with Gasteiger partial charge in [0.2, 0.25) is 5.91 Å². The summed E-state index contributed by atoms with van der Waals surface area (Å²) < 4.78 is 10.9. The van der Waals surface area contributed by atoms with E-state index in [4.69, 9.17) is 9.47 Å². The van der Waals surface area contributed by atoms with Crippen molar-refractivity contribution in [2.75, 3.05) is 13.7 Å². The number of methoxy groups -OCH3 is 1. The Kier molecular flexibility index (Phi) is 4.10. The zero-order valence-electron chi connectivity index (χ0n) is 11.8. The summed E-state index contributed by atoms with van der Waals surface area (Å²) in [6.07, 6.45) is 0.683. The van der Waals surface area contributed by atoms with Crippen molar-refractivity contribution >= 4 is 17.2 Å². The molecule has 0 fully saturated rings. The van der Waals surface area contributed by atoms with E-state index in [2.05, 4.69) is 5.32 Å². The molecule has 3 rings (SSSR count). The first-order valence-corrected chi connectivity index (χ1v) is 7.74. The first-order chi connectivity index (χ1) is 10.3. The standard InChI is InChI=1S/C16H17NO3S/c1-19-13-4-5-15-11(8-13)7-12(10-20-15)16(18)17-9-14-3-2-6-21-14/h2-6,8,12H,7,9-10H2,1H3,(H,17,18)/t12-/m0/s1. The smallest absolute Gasteiger partial charge is 0.227 e. The fourth-order valence-electron chi connectivity index (χ4n) is 2.40. The number of carbonyl (C=O) groups excluding carboxylic acids is 1. The van der Waals surface area contributed by atoms with Crippen LogP contribution in [-0.4, -0.2) is 19.6 Å². The van der Waals surface area contributed by atoms with Crippen LogP contribution < -0.4 is 14.8 Å². The molecular formula is C16H17NO3S. The molecule has 1 aromatic heterocycles. The van der Waals surface area contributed by atoms with E-state index in [-0.39, 0.29) is 11.8 Å². The minimum Gasteiger partial charge on any atom is -0.497 e. The Morgan fingerprint density at radius 3 is 3.14 bits per heavy atom. The molecule has 0 aliphatic carbocycles. The van der Waals surface area contributed by atoms with Crippen LogP contribution in [0.2, 0.25) is 0 Å². The van der Waals surface area contributed by atoms with Gasteiger partial charge in [0.05, 0.1) is 19.6 Å². The Balaban J connectivity index is 1.63. The fourth-order valence-corrected chi connectivity index (χ4v) is 3.04. The van der Waals surface area contributed by atoms with Crippen LogP contribution in [0, 0.1) is 5.92 Å². The number of ether oxygens (including phenoxy) is 2. The van der Waals surface area contributed by atoms with Crippen molar-refractivity contribution in [3.8, 4) is 11.5 Å². The number of benzene rings is 1. The Bertz CT molecular complexity index is 624. The molecule has 0 saturated carbocycles. The lowest BCUT2D eigenvalue weighted by atomic mass is 9.96. The number of fused-ring (bicyclic) bond motifs is 1. The van der Waals surface area contributed by atoms with Crippen molar-refractivity contribution in [1.82, 2.24) is 5.32 Å². The third-order valence-electron chi connectivity index (χ3n) is 3.56. The van der Waals surface area contributed by atoms with Crippen molar-refractivity contribution in [3.05, 3.63) is 46.2 Å². The number of thiophene rings is 1. The van der Waals surface area contributed by atoms with Crippen LogP contribution in [0.4, 0.5) is 0 Å². The highest BCUT2D eigenvalue weighted by atomic mass is 32.1. The number of amides is 1. The van der Waals surface area contributed by atoms with Gasteiger partial charge in [0.1, 0.15) is 18.1 Å². The average Bonchev–Trinajstić information content (AvgIpc) is 3.04. The van der Waals surface area contributed by atoms with Gasteiger partial charge in [-0.25, -0.2) is 0 Å². The SMILES string of the molecule is COc1ccc2c(c1)C[C@H](C(=O)NCc1cccs1)CO2. The van der Waals surface area contributed by atoms with E-state index in [9.17, 15) is 4.79 Å². The molecule has 1 amide bonds. The highest BCUT2D eigenvalue weighted by Crippen LogP contribution is 2.30. The summed E-state index contributed by atoms with van der Waals surface area (Å²) >= 11 is 1.64. The highest BCUT2D eigenvalue weighted by molar-refractivity contribution is 7.09. The molecule has 1 aliphatic rings.